The van der Waals surface area contributed by atoms with E-state index in [9.17, 15) is 0 Å². The van der Waals surface area contributed by atoms with Gasteiger partial charge in [-0.3, -0.25) is 4.98 Å². The Hall–Kier alpha value is -4.06. The van der Waals surface area contributed by atoms with Crippen LogP contribution in [0.5, 0.6) is 5.75 Å². The number of rotatable bonds is 6. The van der Waals surface area contributed by atoms with Gasteiger partial charge in [-0.25, -0.2) is 4.98 Å². The first kappa shape index (κ1) is 22.4. The summed E-state index contributed by atoms with van der Waals surface area (Å²) in [5.41, 5.74) is 7.28. The second-order valence-corrected chi connectivity index (χ2v) is 8.74. The molecule has 5 aromatic rings. The Morgan fingerprint density at radius 3 is 2.39 bits per heavy atom. The fraction of sp³-hybridized carbons (Fsp3) is 0.161. The predicted molar refractivity (Wildman–Crippen MR) is 140 cm³/mol. The molecule has 3 heterocycles. The van der Waals surface area contributed by atoms with Crippen molar-refractivity contribution >= 4 is 10.9 Å². The summed E-state index contributed by atoms with van der Waals surface area (Å²) in [6.45, 7) is 1.80. The summed E-state index contributed by atoms with van der Waals surface area (Å²) in [5.74, 6) is 0.793. The van der Waals surface area contributed by atoms with Gasteiger partial charge in [0.1, 0.15) is 12.4 Å². The Balaban J connectivity index is 1.30. The maximum absolute atomic E-state index is 6.07. The van der Waals surface area contributed by atoms with Crippen molar-refractivity contribution in [2.24, 2.45) is 0 Å². The summed E-state index contributed by atoms with van der Waals surface area (Å²) >= 11 is 0. The van der Waals surface area contributed by atoms with E-state index in [-0.39, 0.29) is 6.29 Å². The third kappa shape index (κ3) is 4.71. The molecule has 1 aliphatic rings. The van der Waals surface area contributed by atoms with Gasteiger partial charge in [0.25, 0.3) is 0 Å². The van der Waals surface area contributed by atoms with E-state index in [1.54, 1.807) is 0 Å². The van der Waals surface area contributed by atoms with E-state index in [1.807, 2.05) is 60.9 Å². The Morgan fingerprint density at radius 1 is 0.750 bits per heavy atom. The number of hydrogen-bond acceptors (Lipinski definition) is 5. The standard InChI is InChI=1S/C31H26N2O3/c1-2-8-29-23(5-1)9-12-25(33-29)21-36-26-13-10-24(11-14-26)30-27(22-15-17-32-18-16-22)6-3-7-28(30)31-34-19-4-20-35-31/h1-3,5-18,31H,4,19-21H2. The van der Waals surface area contributed by atoms with Crippen molar-refractivity contribution in [3.05, 3.63) is 115 Å². The van der Waals surface area contributed by atoms with Crippen LogP contribution in [0.3, 0.4) is 0 Å². The molecule has 0 bridgehead atoms. The number of aromatic nitrogens is 2. The molecule has 1 fully saturated rings. The fourth-order valence-corrected chi connectivity index (χ4v) is 4.59. The molecule has 3 aromatic carbocycles. The van der Waals surface area contributed by atoms with Crippen LogP contribution in [0.1, 0.15) is 24.0 Å². The van der Waals surface area contributed by atoms with Gasteiger partial charge in [-0.1, -0.05) is 54.6 Å². The van der Waals surface area contributed by atoms with E-state index in [0.29, 0.717) is 19.8 Å². The van der Waals surface area contributed by atoms with Gasteiger partial charge in [0.2, 0.25) is 0 Å². The molecule has 5 nitrogen and oxygen atoms in total. The lowest BCUT2D eigenvalue weighted by atomic mass is 9.90. The summed E-state index contributed by atoms with van der Waals surface area (Å²) in [5, 5.41) is 1.13. The number of hydrogen-bond donors (Lipinski definition) is 0. The Bertz CT molecular complexity index is 1460. The van der Waals surface area contributed by atoms with Crippen LogP contribution in [0, 0.1) is 0 Å². The van der Waals surface area contributed by atoms with Crippen molar-refractivity contribution in [1.82, 2.24) is 9.97 Å². The number of nitrogens with zero attached hydrogens (tertiary/aromatic N) is 2. The topological polar surface area (TPSA) is 53.5 Å². The van der Waals surface area contributed by atoms with Gasteiger partial charge < -0.3 is 14.2 Å². The van der Waals surface area contributed by atoms with E-state index < -0.39 is 0 Å². The van der Waals surface area contributed by atoms with Gasteiger partial charge in [0.05, 0.1) is 24.4 Å². The van der Waals surface area contributed by atoms with Gasteiger partial charge in [0.15, 0.2) is 6.29 Å². The van der Waals surface area contributed by atoms with Crippen molar-refractivity contribution in [3.63, 3.8) is 0 Å². The second kappa shape index (κ2) is 10.3. The van der Waals surface area contributed by atoms with Crippen molar-refractivity contribution in [3.8, 4) is 28.0 Å². The molecule has 1 aliphatic heterocycles. The lowest BCUT2D eigenvalue weighted by Crippen LogP contribution is -2.18. The molecule has 0 spiro atoms. The minimum absolute atomic E-state index is 0.384. The predicted octanol–water partition coefficient (Wildman–Crippen LogP) is 6.98. The molecule has 0 saturated carbocycles. The quantitative estimate of drug-likeness (QED) is 0.266. The van der Waals surface area contributed by atoms with Gasteiger partial charge in [-0.15, -0.1) is 0 Å². The molecule has 5 heteroatoms. The highest BCUT2D eigenvalue weighted by molar-refractivity contribution is 5.86. The molecule has 0 unspecified atom stereocenters. The number of para-hydroxylation sites is 1. The van der Waals surface area contributed by atoms with Crippen molar-refractivity contribution < 1.29 is 14.2 Å². The minimum Gasteiger partial charge on any atom is -0.487 e. The Morgan fingerprint density at radius 2 is 1.56 bits per heavy atom. The Kier molecular flexibility index (Phi) is 6.40. The van der Waals surface area contributed by atoms with E-state index in [4.69, 9.17) is 19.2 Å². The highest BCUT2D eigenvalue weighted by Crippen LogP contribution is 2.40. The average molecular weight is 475 g/mol. The zero-order valence-corrected chi connectivity index (χ0v) is 19.8. The molecule has 0 radical (unpaired) electrons. The summed E-state index contributed by atoms with van der Waals surface area (Å²) in [7, 11) is 0. The first-order chi connectivity index (χ1) is 17.8. The summed E-state index contributed by atoms with van der Waals surface area (Å²) in [4.78, 5) is 8.89. The molecule has 0 N–H and O–H groups in total. The van der Waals surface area contributed by atoms with Gasteiger partial charge in [0, 0.05) is 23.3 Å². The number of ether oxygens (including phenoxy) is 3. The molecule has 0 aliphatic carbocycles. The highest BCUT2D eigenvalue weighted by atomic mass is 16.7. The summed E-state index contributed by atoms with van der Waals surface area (Å²) in [6, 6.07) is 30.7. The fourth-order valence-electron chi connectivity index (χ4n) is 4.59. The van der Waals surface area contributed by atoms with Crippen molar-refractivity contribution in [1.29, 1.82) is 0 Å². The minimum atomic E-state index is -0.384. The van der Waals surface area contributed by atoms with Gasteiger partial charge >= 0.3 is 0 Å². The molecule has 6 rings (SSSR count). The molecule has 0 atom stereocenters. The third-order valence-corrected chi connectivity index (χ3v) is 6.35. The highest BCUT2D eigenvalue weighted by Gasteiger charge is 2.23. The second-order valence-electron chi connectivity index (χ2n) is 8.74. The molecule has 0 amide bonds. The van der Waals surface area contributed by atoms with E-state index in [0.717, 1.165) is 56.6 Å². The van der Waals surface area contributed by atoms with Gasteiger partial charge in [-0.2, -0.15) is 0 Å². The van der Waals surface area contributed by atoms with Crippen LogP contribution in [-0.4, -0.2) is 23.2 Å². The van der Waals surface area contributed by atoms with E-state index in [1.165, 1.54) is 0 Å². The first-order valence-corrected chi connectivity index (χ1v) is 12.2. The maximum Gasteiger partial charge on any atom is 0.184 e. The largest absolute Gasteiger partial charge is 0.487 e. The number of fused-ring (bicyclic) bond motifs is 1. The van der Waals surface area contributed by atoms with Crippen LogP contribution in [0.2, 0.25) is 0 Å². The van der Waals surface area contributed by atoms with Crippen LogP contribution < -0.4 is 4.74 Å². The first-order valence-electron chi connectivity index (χ1n) is 12.2. The lowest BCUT2D eigenvalue weighted by Gasteiger charge is -2.27. The van der Waals surface area contributed by atoms with Crippen LogP contribution in [0.15, 0.2) is 103 Å². The normalized spacial score (nSPS) is 14.1. The van der Waals surface area contributed by atoms with E-state index in [2.05, 4.69) is 47.4 Å². The van der Waals surface area contributed by atoms with Crippen LogP contribution in [0.25, 0.3) is 33.2 Å². The molecule has 36 heavy (non-hydrogen) atoms. The summed E-state index contributed by atoms with van der Waals surface area (Å²) in [6.07, 6.45) is 4.16. The molecular formula is C31H26N2O3. The monoisotopic (exact) mass is 474 g/mol. The molecule has 1 saturated heterocycles. The number of benzene rings is 3. The molecular weight excluding hydrogens is 448 g/mol. The van der Waals surface area contributed by atoms with Crippen molar-refractivity contribution in [2.75, 3.05) is 13.2 Å². The summed E-state index contributed by atoms with van der Waals surface area (Å²) < 4.78 is 18.1. The zero-order valence-electron chi connectivity index (χ0n) is 19.8. The Labute approximate surface area is 210 Å². The molecule has 2 aromatic heterocycles. The van der Waals surface area contributed by atoms with E-state index >= 15 is 0 Å². The van der Waals surface area contributed by atoms with Crippen LogP contribution in [-0.2, 0) is 16.1 Å². The zero-order chi connectivity index (χ0) is 24.2. The van der Waals surface area contributed by atoms with Gasteiger partial charge in [-0.05, 0) is 65.1 Å². The number of pyridine rings is 2. The SMILES string of the molecule is c1cc(-c2ccncc2)c(-c2ccc(OCc3ccc4ccccc4n3)cc2)c(C2OCCCO2)c1. The van der Waals surface area contributed by atoms with Crippen LogP contribution >= 0.6 is 0 Å². The lowest BCUT2D eigenvalue weighted by molar-refractivity contribution is -0.182. The smallest absolute Gasteiger partial charge is 0.184 e. The maximum atomic E-state index is 6.07. The van der Waals surface area contributed by atoms with Crippen LogP contribution in [0.4, 0.5) is 0 Å². The molecule has 178 valence electrons. The third-order valence-electron chi connectivity index (χ3n) is 6.35. The average Bonchev–Trinajstić information content (AvgIpc) is 2.97. The van der Waals surface area contributed by atoms with Crippen molar-refractivity contribution in [2.45, 2.75) is 19.3 Å².